The standard InChI is InChI=1S/C23H22N4O2S2/c1-2-27-22(29)20-15-7-3-4-11-18(15)31-21(20)26-23(27)30-13-19(28)25-17-10-5-9-16-14(17)8-6-12-24-16/h5-6,8-10,12H,2-4,7,11,13H2,1H3,(H,25,28). The number of pyridine rings is 1. The smallest absolute Gasteiger partial charge is 0.263 e. The van der Waals surface area contributed by atoms with Crippen molar-refractivity contribution in [1.29, 1.82) is 0 Å². The van der Waals surface area contributed by atoms with Crippen LogP contribution in [0.15, 0.2) is 46.5 Å². The van der Waals surface area contributed by atoms with E-state index in [1.54, 1.807) is 22.1 Å². The lowest BCUT2D eigenvalue weighted by atomic mass is 9.97. The molecule has 0 fully saturated rings. The van der Waals surface area contributed by atoms with Crippen molar-refractivity contribution in [3.05, 3.63) is 57.3 Å². The molecule has 0 saturated carbocycles. The van der Waals surface area contributed by atoms with Gasteiger partial charge in [0.05, 0.1) is 22.3 Å². The first-order chi connectivity index (χ1) is 15.2. The highest BCUT2D eigenvalue weighted by Crippen LogP contribution is 2.34. The highest BCUT2D eigenvalue weighted by molar-refractivity contribution is 7.99. The molecule has 1 amide bonds. The lowest BCUT2D eigenvalue weighted by Gasteiger charge is -2.12. The van der Waals surface area contributed by atoms with Gasteiger partial charge >= 0.3 is 0 Å². The van der Waals surface area contributed by atoms with Crippen LogP contribution in [0.5, 0.6) is 0 Å². The molecule has 0 unspecified atom stereocenters. The summed E-state index contributed by atoms with van der Waals surface area (Å²) in [4.78, 5) is 37.1. The fourth-order valence-corrected chi connectivity index (χ4v) is 6.30. The van der Waals surface area contributed by atoms with Crippen LogP contribution in [0.3, 0.4) is 0 Å². The van der Waals surface area contributed by atoms with Crippen LogP contribution in [0, 0.1) is 0 Å². The van der Waals surface area contributed by atoms with Crippen LogP contribution in [-0.4, -0.2) is 26.2 Å². The molecule has 3 aromatic heterocycles. The zero-order valence-electron chi connectivity index (χ0n) is 17.2. The average Bonchev–Trinajstić information content (AvgIpc) is 3.16. The van der Waals surface area contributed by atoms with Crippen molar-refractivity contribution in [3.63, 3.8) is 0 Å². The van der Waals surface area contributed by atoms with E-state index in [0.717, 1.165) is 46.1 Å². The van der Waals surface area contributed by atoms with Gasteiger partial charge in [0, 0.05) is 23.0 Å². The molecule has 0 aliphatic heterocycles. The Morgan fingerprint density at radius 1 is 1.23 bits per heavy atom. The van der Waals surface area contributed by atoms with Gasteiger partial charge in [-0.25, -0.2) is 4.98 Å². The normalized spacial score (nSPS) is 13.5. The molecular formula is C23H22N4O2S2. The summed E-state index contributed by atoms with van der Waals surface area (Å²) in [5.41, 5.74) is 2.79. The quantitative estimate of drug-likeness (QED) is 0.354. The molecule has 0 bridgehead atoms. The summed E-state index contributed by atoms with van der Waals surface area (Å²) in [7, 11) is 0. The van der Waals surface area contributed by atoms with Crippen molar-refractivity contribution in [1.82, 2.24) is 14.5 Å². The Hall–Kier alpha value is -2.71. The number of carbonyl (C=O) groups is 1. The van der Waals surface area contributed by atoms with E-state index in [9.17, 15) is 9.59 Å². The van der Waals surface area contributed by atoms with E-state index in [-0.39, 0.29) is 17.2 Å². The highest BCUT2D eigenvalue weighted by atomic mass is 32.2. The predicted molar refractivity (Wildman–Crippen MR) is 127 cm³/mol. The summed E-state index contributed by atoms with van der Waals surface area (Å²) in [5, 5.41) is 5.27. The van der Waals surface area contributed by atoms with Crippen LogP contribution in [0.25, 0.3) is 21.1 Å². The minimum atomic E-state index is -0.135. The average molecular weight is 451 g/mol. The zero-order chi connectivity index (χ0) is 21.4. The molecule has 0 spiro atoms. The Bertz CT molecular complexity index is 1350. The number of hydrogen-bond acceptors (Lipinski definition) is 6. The first-order valence-corrected chi connectivity index (χ1v) is 12.3. The summed E-state index contributed by atoms with van der Waals surface area (Å²) in [6.45, 7) is 2.48. The fraction of sp³-hybridized carbons (Fsp3) is 0.304. The molecule has 4 aromatic rings. The molecule has 0 radical (unpaired) electrons. The molecule has 1 aromatic carbocycles. The summed E-state index contributed by atoms with van der Waals surface area (Å²) < 4.78 is 1.70. The number of nitrogens with one attached hydrogen (secondary N) is 1. The number of aromatic nitrogens is 3. The second kappa shape index (κ2) is 8.43. The Morgan fingerprint density at radius 3 is 2.97 bits per heavy atom. The molecule has 8 heteroatoms. The molecule has 1 aliphatic rings. The maximum atomic E-state index is 13.2. The number of aryl methyl sites for hydroxylation is 2. The van der Waals surface area contributed by atoms with E-state index < -0.39 is 0 Å². The first kappa shape index (κ1) is 20.2. The number of thiophene rings is 1. The number of fused-ring (bicyclic) bond motifs is 4. The molecule has 5 rings (SSSR count). The van der Waals surface area contributed by atoms with Gasteiger partial charge in [-0.05, 0) is 62.4 Å². The molecule has 3 heterocycles. The minimum absolute atomic E-state index is 0.0231. The molecule has 1 N–H and O–H groups in total. The zero-order valence-corrected chi connectivity index (χ0v) is 18.8. The maximum Gasteiger partial charge on any atom is 0.263 e. The van der Waals surface area contributed by atoms with E-state index in [2.05, 4.69) is 10.3 Å². The van der Waals surface area contributed by atoms with Gasteiger partial charge < -0.3 is 5.32 Å². The van der Waals surface area contributed by atoms with Crippen molar-refractivity contribution in [2.75, 3.05) is 11.1 Å². The van der Waals surface area contributed by atoms with E-state index in [1.165, 1.54) is 28.6 Å². The summed E-state index contributed by atoms with van der Waals surface area (Å²) in [6, 6.07) is 9.45. The number of rotatable bonds is 5. The second-order valence-electron chi connectivity index (χ2n) is 7.55. The summed E-state index contributed by atoms with van der Waals surface area (Å²) in [6.07, 6.45) is 6.04. The summed E-state index contributed by atoms with van der Waals surface area (Å²) in [5.74, 6) is 0.0449. The SMILES string of the molecule is CCn1c(SCC(=O)Nc2cccc3ncccc23)nc2sc3c(c2c1=O)CCCC3. The molecule has 6 nitrogen and oxygen atoms in total. The highest BCUT2D eigenvalue weighted by Gasteiger charge is 2.22. The lowest BCUT2D eigenvalue weighted by Crippen LogP contribution is -2.24. The van der Waals surface area contributed by atoms with E-state index in [1.807, 2.05) is 37.3 Å². The van der Waals surface area contributed by atoms with Crippen LogP contribution < -0.4 is 10.9 Å². The topological polar surface area (TPSA) is 76.9 Å². The van der Waals surface area contributed by atoms with E-state index >= 15 is 0 Å². The number of thioether (sulfide) groups is 1. The third-order valence-electron chi connectivity index (χ3n) is 5.61. The van der Waals surface area contributed by atoms with Gasteiger partial charge in [-0.3, -0.25) is 19.1 Å². The van der Waals surface area contributed by atoms with Crippen molar-refractivity contribution >= 4 is 55.8 Å². The predicted octanol–water partition coefficient (Wildman–Crippen LogP) is 4.64. The minimum Gasteiger partial charge on any atom is -0.325 e. The fourth-order valence-electron chi connectivity index (χ4n) is 4.14. The van der Waals surface area contributed by atoms with Gasteiger partial charge in [-0.2, -0.15) is 0 Å². The van der Waals surface area contributed by atoms with Crippen molar-refractivity contribution < 1.29 is 4.79 Å². The maximum absolute atomic E-state index is 13.2. The number of carbonyl (C=O) groups excluding carboxylic acids is 1. The number of amides is 1. The summed E-state index contributed by atoms with van der Waals surface area (Å²) >= 11 is 2.95. The monoisotopic (exact) mass is 450 g/mol. The largest absolute Gasteiger partial charge is 0.325 e. The van der Waals surface area contributed by atoms with Crippen molar-refractivity contribution in [3.8, 4) is 0 Å². The van der Waals surface area contributed by atoms with Crippen LogP contribution in [-0.2, 0) is 24.2 Å². The Kier molecular flexibility index (Phi) is 5.50. The van der Waals surface area contributed by atoms with Crippen LogP contribution in [0.2, 0.25) is 0 Å². The number of nitrogens with zero attached hydrogens (tertiary/aromatic N) is 3. The Labute approximate surface area is 187 Å². The molecule has 1 aliphatic carbocycles. The van der Waals surface area contributed by atoms with Gasteiger partial charge in [-0.15, -0.1) is 11.3 Å². The van der Waals surface area contributed by atoms with Gasteiger partial charge in [0.15, 0.2) is 5.16 Å². The van der Waals surface area contributed by atoms with Crippen LogP contribution in [0.4, 0.5) is 5.69 Å². The van der Waals surface area contributed by atoms with E-state index in [0.29, 0.717) is 11.7 Å². The number of hydrogen-bond donors (Lipinski definition) is 1. The number of anilines is 1. The molecule has 158 valence electrons. The van der Waals surface area contributed by atoms with Gasteiger partial charge in [0.25, 0.3) is 5.56 Å². The van der Waals surface area contributed by atoms with Crippen molar-refractivity contribution in [2.45, 2.75) is 44.3 Å². The number of benzene rings is 1. The van der Waals surface area contributed by atoms with E-state index in [4.69, 9.17) is 4.98 Å². The van der Waals surface area contributed by atoms with Crippen molar-refractivity contribution in [2.24, 2.45) is 0 Å². The lowest BCUT2D eigenvalue weighted by molar-refractivity contribution is -0.113. The molecular weight excluding hydrogens is 428 g/mol. The molecule has 0 saturated heterocycles. The Balaban J connectivity index is 1.40. The van der Waals surface area contributed by atoms with Crippen LogP contribution >= 0.6 is 23.1 Å². The Morgan fingerprint density at radius 2 is 2.10 bits per heavy atom. The van der Waals surface area contributed by atoms with Crippen LogP contribution in [0.1, 0.15) is 30.2 Å². The third-order valence-corrected chi connectivity index (χ3v) is 7.77. The van der Waals surface area contributed by atoms with Gasteiger partial charge in [0.2, 0.25) is 5.91 Å². The molecule has 0 atom stereocenters. The first-order valence-electron chi connectivity index (χ1n) is 10.5. The van der Waals surface area contributed by atoms with Gasteiger partial charge in [0.1, 0.15) is 4.83 Å². The van der Waals surface area contributed by atoms with Gasteiger partial charge in [-0.1, -0.05) is 17.8 Å². The second-order valence-corrected chi connectivity index (χ2v) is 9.57. The third kappa shape index (κ3) is 3.74. The molecule has 31 heavy (non-hydrogen) atoms.